The van der Waals surface area contributed by atoms with Gasteiger partial charge in [0.25, 0.3) is 0 Å². The number of hydrogen-bond donors (Lipinski definition) is 1. The Morgan fingerprint density at radius 1 is 1.45 bits per heavy atom. The zero-order valence-electron chi connectivity index (χ0n) is 11.2. The molecule has 0 spiro atoms. The Morgan fingerprint density at radius 3 is 2.65 bits per heavy atom. The first-order chi connectivity index (χ1) is 9.43. The second-order valence-electron chi connectivity index (χ2n) is 4.90. The van der Waals surface area contributed by atoms with Crippen LogP contribution in [0.25, 0.3) is 0 Å². The van der Waals surface area contributed by atoms with Gasteiger partial charge in [-0.3, -0.25) is 4.79 Å². The Labute approximate surface area is 119 Å². The van der Waals surface area contributed by atoms with Crippen LogP contribution in [0.4, 0.5) is 8.78 Å². The van der Waals surface area contributed by atoms with E-state index in [0.29, 0.717) is 30.4 Å². The lowest BCUT2D eigenvalue weighted by Gasteiger charge is -2.27. The molecule has 8 heteroatoms. The third kappa shape index (κ3) is 3.47. The minimum atomic E-state index is -2.56. The largest absolute Gasteiger partial charge is 0.481 e. The van der Waals surface area contributed by atoms with E-state index in [0.717, 1.165) is 11.8 Å². The number of aliphatic carboxylic acids is 1. The number of hydrogen-bond acceptors (Lipinski definition) is 4. The number of thioether (sulfide) groups is 1. The predicted molar refractivity (Wildman–Crippen MR) is 70.2 cm³/mol. The summed E-state index contributed by atoms with van der Waals surface area (Å²) in [5, 5.41) is 17.3. The third-order valence-corrected chi connectivity index (χ3v) is 4.42. The fraction of sp³-hybridized carbons (Fsp3) is 0.750. The van der Waals surface area contributed by atoms with Gasteiger partial charge in [-0.25, -0.2) is 8.78 Å². The van der Waals surface area contributed by atoms with Crippen molar-refractivity contribution in [1.29, 1.82) is 0 Å². The van der Waals surface area contributed by atoms with Crippen molar-refractivity contribution in [2.24, 2.45) is 0 Å². The minimum absolute atomic E-state index is 0.0127. The molecular formula is C12H17F2N3O2S. The molecule has 2 rings (SSSR count). The van der Waals surface area contributed by atoms with Gasteiger partial charge in [0.15, 0.2) is 5.16 Å². The molecule has 5 nitrogen and oxygen atoms in total. The molecule has 1 N–H and O–H groups in total. The highest BCUT2D eigenvalue weighted by Gasteiger charge is 2.37. The van der Waals surface area contributed by atoms with E-state index >= 15 is 0 Å². The molecule has 1 aliphatic carbocycles. The Balaban J connectivity index is 2.10. The number of carbonyl (C=O) groups is 1. The molecule has 112 valence electrons. The molecule has 1 heterocycles. The maximum atomic E-state index is 13.2. The monoisotopic (exact) mass is 305 g/mol. The molecule has 0 atom stereocenters. The van der Waals surface area contributed by atoms with Gasteiger partial charge in [0.1, 0.15) is 5.82 Å². The summed E-state index contributed by atoms with van der Waals surface area (Å²) in [5.74, 6) is -2.87. The Hall–Kier alpha value is -1.18. The molecule has 0 bridgehead atoms. The van der Waals surface area contributed by atoms with E-state index in [2.05, 4.69) is 10.2 Å². The highest BCUT2D eigenvalue weighted by atomic mass is 32.2. The number of halogens is 2. The lowest BCUT2D eigenvalue weighted by Crippen LogP contribution is -2.25. The molecule has 0 amide bonds. The Morgan fingerprint density at radius 2 is 2.10 bits per heavy atom. The summed E-state index contributed by atoms with van der Waals surface area (Å²) in [6.07, 6.45) is 0.557. The molecule has 0 saturated heterocycles. The summed E-state index contributed by atoms with van der Waals surface area (Å²) in [7, 11) is 0. The van der Waals surface area contributed by atoms with Crippen LogP contribution >= 0.6 is 11.8 Å². The average Bonchev–Trinajstić information content (AvgIpc) is 2.79. The zero-order valence-corrected chi connectivity index (χ0v) is 12.0. The molecule has 0 radical (unpaired) electrons. The van der Waals surface area contributed by atoms with E-state index < -0.39 is 11.9 Å². The van der Waals surface area contributed by atoms with E-state index in [4.69, 9.17) is 5.11 Å². The van der Waals surface area contributed by atoms with Crippen LogP contribution in [-0.4, -0.2) is 37.5 Å². The molecule has 1 saturated carbocycles. The van der Waals surface area contributed by atoms with Crippen molar-refractivity contribution in [3.8, 4) is 0 Å². The van der Waals surface area contributed by atoms with Crippen LogP contribution in [0.1, 0.15) is 44.3 Å². The Bertz CT molecular complexity index is 483. The van der Waals surface area contributed by atoms with Crippen LogP contribution in [0.5, 0.6) is 0 Å². The van der Waals surface area contributed by atoms with Crippen LogP contribution < -0.4 is 0 Å². The van der Waals surface area contributed by atoms with E-state index in [9.17, 15) is 13.6 Å². The first kappa shape index (κ1) is 15.2. The molecule has 20 heavy (non-hydrogen) atoms. The van der Waals surface area contributed by atoms with Crippen LogP contribution in [0, 0.1) is 0 Å². The smallest absolute Gasteiger partial charge is 0.313 e. The molecule has 1 aliphatic rings. The van der Waals surface area contributed by atoms with Crippen molar-refractivity contribution >= 4 is 17.7 Å². The Kier molecular flexibility index (Phi) is 4.62. The van der Waals surface area contributed by atoms with Crippen LogP contribution in [-0.2, 0) is 11.3 Å². The van der Waals surface area contributed by atoms with Crippen LogP contribution in [0.15, 0.2) is 5.16 Å². The minimum Gasteiger partial charge on any atom is -0.481 e. The van der Waals surface area contributed by atoms with Gasteiger partial charge >= 0.3 is 5.97 Å². The lowest BCUT2D eigenvalue weighted by molar-refractivity contribution is -0.133. The average molecular weight is 305 g/mol. The van der Waals surface area contributed by atoms with Crippen molar-refractivity contribution in [3.63, 3.8) is 0 Å². The summed E-state index contributed by atoms with van der Waals surface area (Å²) >= 11 is 1.11. The topological polar surface area (TPSA) is 68.0 Å². The number of carboxylic acids is 1. The van der Waals surface area contributed by atoms with Crippen LogP contribution in [0.3, 0.4) is 0 Å². The SMILES string of the molecule is CCn1c(SCC(=O)O)nnc1C1CCC(F)(F)CC1. The highest BCUT2D eigenvalue weighted by molar-refractivity contribution is 7.99. The van der Waals surface area contributed by atoms with Gasteiger partial charge in [-0.1, -0.05) is 11.8 Å². The summed E-state index contributed by atoms with van der Waals surface area (Å²) < 4.78 is 28.2. The second-order valence-corrected chi connectivity index (χ2v) is 5.84. The molecule has 1 aromatic rings. The number of nitrogens with zero attached hydrogens (tertiary/aromatic N) is 3. The summed E-state index contributed by atoms with van der Waals surface area (Å²) in [6.45, 7) is 2.52. The van der Waals surface area contributed by atoms with E-state index in [1.807, 2.05) is 11.5 Å². The maximum Gasteiger partial charge on any atom is 0.313 e. The number of aromatic nitrogens is 3. The second kappa shape index (κ2) is 6.07. The maximum absolute atomic E-state index is 13.2. The van der Waals surface area contributed by atoms with E-state index in [1.165, 1.54) is 0 Å². The summed E-state index contributed by atoms with van der Waals surface area (Å²) in [4.78, 5) is 10.6. The van der Waals surface area contributed by atoms with Gasteiger partial charge in [0.05, 0.1) is 5.75 Å². The zero-order chi connectivity index (χ0) is 14.8. The summed E-state index contributed by atoms with van der Waals surface area (Å²) in [5.41, 5.74) is 0. The van der Waals surface area contributed by atoms with Gasteiger partial charge in [0, 0.05) is 25.3 Å². The normalized spacial score (nSPS) is 19.1. The van der Waals surface area contributed by atoms with Crippen molar-refractivity contribution in [1.82, 2.24) is 14.8 Å². The highest BCUT2D eigenvalue weighted by Crippen LogP contribution is 2.40. The standard InChI is InChI=1S/C12H17F2N3O2S/c1-2-17-10(8-3-5-12(13,14)6-4-8)15-16-11(17)20-7-9(18)19/h8H,2-7H2,1H3,(H,18,19). The lowest BCUT2D eigenvalue weighted by atomic mass is 9.86. The molecule has 1 fully saturated rings. The predicted octanol–water partition coefficient (Wildman–Crippen LogP) is 2.77. The van der Waals surface area contributed by atoms with Gasteiger partial charge in [-0.05, 0) is 19.8 Å². The van der Waals surface area contributed by atoms with Crippen molar-refractivity contribution in [2.45, 2.75) is 56.1 Å². The number of rotatable bonds is 5. The molecule has 0 aliphatic heterocycles. The van der Waals surface area contributed by atoms with Crippen LogP contribution in [0.2, 0.25) is 0 Å². The molecular weight excluding hydrogens is 288 g/mol. The number of alkyl halides is 2. The van der Waals surface area contributed by atoms with Crippen molar-refractivity contribution in [2.75, 3.05) is 5.75 Å². The van der Waals surface area contributed by atoms with Gasteiger partial charge in [-0.15, -0.1) is 10.2 Å². The molecule has 0 aromatic carbocycles. The fourth-order valence-corrected chi connectivity index (χ4v) is 3.16. The van der Waals surface area contributed by atoms with E-state index in [1.54, 1.807) is 0 Å². The van der Waals surface area contributed by atoms with Gasteiger partial charge in [-0.2, -0.15) is 0 Å². The van der Waals surface area contributed by atoms with Crippen molar-refractivity contribution < 1.29 is 18.7 Å². The van der Waals surface area contributed by atoms with Gasteiger partial charge in [0.2, 0.25) is 5.92 Å². The first-order valence-corrected chi connectivity index (χ1v) is 7.57. The molecule has 0 unspecified atom stereocenters. The van der Waals surface area contributed by atoms with Gasteiger partial charge < -0.3 is 9.67 Å². The first-order valence-electron chi connectivity index (χ1n) is 6.58. The summed E-state index contributed by atoms with van der Waals surface area (Å²) in [6, 6.07) is 0. The quantitative estimate of drug-likeness (QED) is 0.847. The third-order valence-electron chi connectivity index (χ3n) is 3.47. The van der Waals surface area contributed by atoms with E-state index in [-0.39, 0.29) is 24.5 Å². The number of carboxylic acid groups (broad SMARTS) is 1. The fourth-order valence-electron chi connectivity index (χ4n) is 2.43. The molecule has 1 aromatic heterocycles. The van der Waals surface area contributed by atoms with Crippen molar-refractivity contribution in [3.05, 3.63) is 5.82 Å².